The van der Waals surface area contributed by atoms with E-state index in [1.165, 1.54) is 11.1 Å². The monoisotopic (exact) mass is 493 g/mol. The second-order valence-corrected chi connectivity index (χ2v) is 8.58. The van der Waals surface area contributed by atoms with Crippen molar-refractivity contribution < 1.29 is 24.0 Å². The Bertz CT molecular complexity index is 1130. The number of quaternary nitrogens is 1. The first-order chi connectivity index (χ1) is 14.8. The number of hydrogen-bond donors (Lipinski definition) is 1. The third kappa shape index (κ3) is 4.31. The topological polar surface area (TPSA) is 118 Å². The van der Waals surface area contributed by atoms with E-state index in [4.69, 9.17) is 9.84 Å². The summed E-state index contributed by atoms with van der Waals surface area (Å²) in [5.74, 6) is 0.656. The smallest absolute Gasteiger partial charge is 0.407 e. The molecule has 166 valence electrons. The maximum absolute atomic E-state index is 13.2. The van der Waals surface area contributed by atoms with Crippen molar-refractivity contribution in [3.05, 3.63) is 45.1 Å². The molecule has 1 aliphatic rings. The molecule has 1 aliphatic heterocycles. The number of carbonyl (C=O) groups is 1. The molecule has 0 bridgehead atoms. The van der Waals surface area contributed by atoms with Crippen LogP contribution in [0.15, 0.2) is 28.9 Å². The van der Waals surface area contributed by atoms with Gasteiger partial charge in [0.05, 0.1) is 50.2 Å². The van der Waals surface area contributed by atoms with Crippen LogP contribution in [0.4, 0.5) is 4.79 Å². The normalized spacial score (nSPS) is 16.3. The molecule has 1 amide bonds. The fraction of sp³-hybridized carbons (Fsp3) is 0.450. The number of fused-ring (bicyclic) bond motifs is 3. The molecule has 1 fully saturated rings. The molecule has 10 nitrogen and oxygen atoms in total. The van der Waals surface area contributed by atoms with E-state index >= 15 is 0 Å². The molecular weight excluding hydrogens is 470 g/mol. The number of carboxylic acid groups (broad SMARTS) is 1. The fourth-order valence-electron chi connectivity index (χ4n) is 4.03. The van der Waals surface area contributed by atoms with Crippen LogP contribution in [0.25, 0.3) is 21.9 Å². The number of ether oxygens (including phenoxy) is 1. The highest BCUT2D eigenvalue weighted by Gasteiger charge is 2.29. The van der Waals surface area contributed by atoms with Gasteiger partial charge < -0.3 is 29.5 Å². The summed E-state index contributed by atoms with van der Waals surface area (Å²) in [6.07, 6.45) is 0.456. The highest BCUT2D eigenvalue weighted by atomic mass is 79.9. The van der Waals surface area contributed by atoms with Gasteiger partial charge in [-0.25, -0.2) is 9.78 Å². The van der Waals surface area contributed by atoms with Gasteiger partial charge in [0.15, 0.2) is 5.52 Å². The maximum atomic E-state index is 13.2. The van der Waals surface area contributed by atoms with Gasteiger partial charge >= 0.3 is 6.09 Å². The number of nitrogens with zero attached hydrogens (tertiary/aromatic N) is 5. The van der Waals surface area contributed by atoms with Gasteiger partial charge in [0.25, 0.3) is 0 Å². The summed E-state index contributed by atoms with van der Waals surface area (Å²) >= 11 is 3.41. The van der Waals surface area contributed by atoms with E-state index in [-0.39, 0.29) is 39.3 Å². The third-order valence-electron chi connectivity index (χ3n) is 5.76. The maximum Gasteiger partial charge on any atom is 0.407 e. The Labute approximate surface area is 187 Å². The van der Waals surface area contributed by atoms with Crippen molar-refractivity contribution in [2.75, 3.05) is 39.3 Å². The first-order valence-electron chi connectivity index (χ1n) is 10.1. The van der Waals surface area contributed by atoms with E-state index in [0.717, 1.165) is 20.1 Å². The second kappa shape index (κ2) is 8.58. The summed E-state index contributed by atoms with van der Waals surface area (Å²) in [5.41, 5.74) is 1.85. The number of aromatic nitrogens is 3. The highest BCUT2D eigenvalue weighted by molar-refractivity contribution is 9.10. The SMILES string of the molecule is CCOCc1nc2c[n+]([O-])c3cc(Br)ccc3c2n1CC[N+]1([O-])CCN(C(=O)O)CC1. The van der Waals surface area contributed by atoms with Crippen molar-refractivity contribution in [2.24, 2.45) is 0 Å². The van der Waals surface area contributed by atoms with Crippen LogP contribution in [-0.4, -0.2) is 69.6 Å². The van der Waals surface area contributed by atoms with E-state index < -0.39 is 10.7 Å². The molecule has 0 radical (unpaired) electrons. The van der Waals surface area contributed by atoms with Crippen molar-refractivity contribution in [1.29, 1.82) is 0 Å². The van der Waals surface area contributed by atoms with Crippen molar-refractivity contribution in [2.45, 2.75) is 20.1 Å². The zero-order valence-corrected chi connectivity index (χ0v) is 18.7. The van der Waals surface area contributed by atoms with Crippen LogP contribution < -0.4 is 4.73 Å². The quantitative estimate of drug-likeness (QED) is 0.320. The molecule has 0 aliphatic carbocycles. The molecule has 1 saturated heterocycles. The largest absolute Gasteiger partial charge is 0.633 e. The van der Waals surface area contributed by atoms with E-state index in [0.29, 0.717) is 30.0 Å². The lowest BCUT2D eigenvalue weighted by molar-refractivity contribution is -0.885. The zero-order chi connectivity index (χ0) is 22.2. The zero-order valence-electron chi connectivity index (χ0n) is 17.2. The van der Waals surface area contributed by atoms with Gasteiger partial charge in [0, 0.05) is 17.1 Å². The summed E-state index contributed by atoms with van der Waals surface area (Å²) in [7, 11) is 0. The first kappa shape index (κ1) is 21.8. The Balaban J connectivity index is 1.70. The van der Waals surface area contributed by atoms with E-state index in [1.54, 1.807) is 6.07 Å². The van der Waals surface area contributed by atoms with Crippen LogP contribution in [0.2, 0.25) is 0 Å². The predicted molar refractivity (Wildman–Crippen MR) is 117 cm³/mol. The Morgan fingerprint density at radius 3 is 2.81 bits per heavy atom. The lowest BCUT2D eigenvalue weighted by Gasteiger charge is -2.47. The number of halogens is 1. The molecule has 1 aromatic carbocycles. The molecule has 1 N–H and O–H groups in total. The van der Waals surface area contributed by atoms with Gasteiger partial charge in [0.1, 0.15) is 12.4 Å². The molecule has 2 aromatic heterocycles. The summed E-state index contributed by atoms with van der Waals surface area (Å²) in [4.78, 5) is 17.0. The average molecular weight is 494 g/mol. The number of piperazine rings is 1. The number of pyridine rings is 1. The Kier molecular flexibility index (Phi) is 6.02. The first-order valence-corrected chi connectivity index (χ1v) is 10.9. The molecule has 11 heteroatoms. The molecule has 31 heavy (non-hydrogen) atoms. The van der Waals surface area contributed by atoms with Gasteiger partial charge in [-0.15, -0.1) is 0 Å². The second-order valence-electron chi connectivity index (χ2n) is 7.67. The lowest BCUT2D eigenvalue weighted by atomic mass is 10.2. The van der Waals surface area contributed by atoms with E-state index in [1.807, 2.05) is 23.6 Å². The molecule has 3 heterocycles. The molecule has 0 saturated carbocycles. The number of imidazole rings is 1. The van der Waals surface area contributed by atoms with Gasteiger partial charge in [-0.3, -0.25) is 4.90 Å². The van der Waals surface area contributed by atoms with Crippen LogP contribution >= 0.6 is 15.9 Å². The Morgan fingerprint density at radius 1 is 1.39 bits per heavy atom. The van der Waals surface area contributed by atoms with Gasteiger partial charge in [-0.2, -0.15) is 4.73 Å². The van der Waals surface area contributed by atoms with Gasteiger partial charge in [-0.05, 0) is 19.1 Å². The lowest BCUT2D eigenvalue weighted by Crippen LogP contribution is -2.58. The predicted octanol–water partition coefficient (Wildman–Crippen LogP) is 2.43. The molecule has 0 spiro atoms. The third-order valence-corrected chi connectivity index (χ3v) is 6.25. The van der Waals surface area contributed by atoms with Crippen molar-refractivity contribution in [3.63, 3.8) is 0 Å². The minimum absolute atomic E-state index is 0.216. The van der Waals surface area contributed by atoms with Crippen LogP contribution in [0.5, 0.6) is 0 Å². The molecular formula is C20H24BrN5O5. The van der Waals surface area contributed by atoms with Gasteiger partial charge in [-0.1, -0.05) is 15.9 Å². The van der Waals surface area contributed by atoms with Crippen LogP contribution in [0.1, 0.15) is 12.7 Å². The standard InChI is InChI=1S/C20H24BrN5O5/c1-2-31-13-18-22-16-12-25(29)17-11-14(21)3-4-15(17)19(16)24(18)7-10-26(30)8-5-23(6-9-26)20(27)28/h3-4,11-12H,2,5-10,13H2,1H3,(H,27,28). The van der Waals surface area contributed by atoms with Crippen molar-refractivity contribution in [3.8, 4) is 0 Å². The summed E-state index contributed by atoms with van der Waals surface area (Å²) in [5, 5.41) is 35.6. The molecule has 3 aromatic rings. The summed E-state index contributed by atoms with van der Waals surface area (Å²) < 4.78 is 8.67. The van der Waals surface area contributed by atoms with E-state index in [9.17, 15) is 15.2 Å². The van der Waals surface area contributed by atoms with Gasteiger partial charge in [0.2, 0.25) is 11.7 Å². The Morgan fingerprint density at radius 2 is 2.13 bits per heavy atom. The number of hydrogen-bond acceptors (Lipinski definition) is 5. The van der Waals surface area contributed by atoms with Crippen molar-refractivity contribution in [1.82, 2.24) is 14.5 Å². The van der Waals surface area contributed by atoms with Crippen molar-refractivity contribution >= 4 is 44.0 Å². The van der Waals surface area contributed by atoms with Crippen LogP contribution in [-0.2, 0) is 17.9 Å². The van der Waals surface area contributed by atoms with Crippen LogP contribution in [0.3, 0.4) is 0 Å². The molecule has 0 atom stereocenters. The fourth-order valence-corrected chi connectivity index (χ4v) is 4.38. The number of benzene rings is 1. The minimum Gasteiger partial charge on any atom is -0.633 e. The molecule has 0 unspecified atom stereocenters. The number of hydroxylamine groups is 3. The van der Waals surface area contributed by atoms with E-state index in [2.05, 4.69) is 20.9 Å². The highest BCUT2D eigenvalue weighted by Crippen LogP contribution is 2.27. The Hall–Kier alpha value is -2.47. The van der Waals surface area contributed by atoms with Crippen LogP contribution in [0, 0.1) is 10.4 Å². The molecule has 4 rings (SSSR count). The average Bonchev–Trinajstić information content (AvgIpc) is 3.08. The summed E-state index contributed by atoms with van der Waals surface area (Å²) in [6, 6.07) is 5.49. The summed E-state index contributed by atoms with van der Waals surface area (Å²) in [6.45, 7) is 4.24. The number of rotatable bonds is 6. The number of amides is 1. The minimum atomic E-state index is -0.991.